The van der Waals surface area contributed by atoms with Gasteiger partial charge in [0.25, 0.3) is 0 Å². The molecule has 0 aliphatic rings. The molecule has 1 N–H and O–H groups in total. The van der Waals surface area contributed by atoms with E-state index in [2.05, 4.69) is 22.9 Å². The van der Waals surface area contributed by atoms with Crippen LogP contribution in [-0.2, 0) is 0 Å². The van der Waals surface area contributed by atoms with E-state index in [1.807, 2.05) is 42.5 Å². The van der Waals surface area contributed by atoms with Crippen LogP contribution in [0.25, 0.3) is 27.7 Å². The first-order valence-electron chi connectivity index (χ1n) is 7.20. The van der Waals surface area contributed by atoms with Gasteiger partial charge < -0.3 is 10.3 Å². The first-order valence-corrected chi connectivity index (χ1v) is 7.65. The van der Waals surface area contributed by atoms with E-state index in [9.17, 15) is 10.3 Å². The molecular weight excluding hydrogens is 324 g/mol. The molecular formula is C17H12N4O2S. The molecule has 7 heteroatoms. The van der Waals surface area contributed by atoms with Crippen LogP contribution < -0.4 is 4.73 Å². The minimum absolute atomic E-state index is 0.188. The summed E-state index contributed by atoms with van der Waals surface area (Å²) in [6.07, 6.45) is 2.36. The SMILES string of the molecule is [O-][n+]1ccc(-n2nnc(S)c2-c2cccc3ccccc23)c(O)c1. The number of benzene rings is 2. The summed E-state index contributed by atoms with van der Waals surface area (Å²) in [7, 11) is 0. The summed E-state index contributed by atoms with van der Waals surface area (Å²) in [5.41, 5.74) is 1.90. The Hall–Kier alpha value is -3.06. The average Bonchev–Trinajstić information content (AvgIpc) is 2.95. The Morgan fingerprint density at radius 2 is 1.88 bits per heavy atom. The van der Waals surface area contributed by atoms with Crippen molar-refractivity contribution in [1.82, 2.24) is 15.0 Å². The van der Waals surface area contributed by atoms with E-state index in [1.165, 1.54) is 16.9 Å². The van der Waals surface area contributed by atoms with Crippen molar-refractivity contribution in [3.63, 3.8) is 0 Å². The van der Waals surface area contributed by atoms with Gasteiger partial charge in [0.05, 0.1) is 0 Å². The van der Waals surface area contributed by atoms with Crippen LogP contribution in [0.15, 0.2) is 66.0 Å². The summed E-state index contributed by atoms with van der Waals surface area (Å²) in [4.78, 5) is 0. The zero-order chi connectivity index (χ0) is 16.7. The van der Waals surface area contributed by atoms with E-state index in [4.69, 9.17) is 0 Å². The van der Waals surface area contributed by atoms with Crippen molar-refractivity contribution < 1.29 is 9.84 Å². The van der Waals surface area contributed by atoms with Crippen molar-refractivity contribution in [2.45, 2.75) is 5.03 Å². The summed E-state index contributed by atoms with van der Waals surface area (Å²) < 4.78 is 2.01. The zero-order valence-electron chi connectivity index (χ0n) is 12.4. The Balaban J connectivity index is 2.01. The van der Waals surface area contributed by atoms with Gasteiger partial charge in [0.15, 0.2) is 6.20 Å². The molecule has 0 fully saturated rings. The van der Waals surface area contributed by atoms with Gasteiger partial charge in [0, 0.05) is 11.6 Å². The minimum atomic E-state index is -0.188. The van der Waals surface area contributed by atoms with Gasteiger partial charge in [-0.3, -0.25) is 0 Å². The molecule has 2 heterocycles. The predicted octanol–water partition coefficient (Wildman–Crippen LogP) is 2.72. The maximum atomic E-state index is 11.3. The second-order valence-corrected chi connectivity index (χ2v) is 5.70. The number of thiol groups is 1. The third-order valence-corrected chi connectivity index (χ3v) is 4.12. The number of rotatable bonds is 2. The number of aromatic hydroxyl groups is 1. The fraction of sp³-hybridized carbons (Fsp3) is 0. The van der Waals surface area contributed by atoms with E-state index in [-0.39, 0.29) is 5.75 Å². The quantitative estimate of drug-likeness (QED) is 0.335. The summed E-state index contributed by atoms with van der Waals surface area (Å²) in [6, 6.07) is 15.4. The third-order valence-electron chi connectivity index (χ3n) is 3.82. The van der Waals surface area contributed by atoms with Gasteiger partial charge in [-0.15, -0.1) is 17.7 Å². The van der Waals surface area contributed by atoms with Crippen LogP contribution >= 0.6 is 12.6 Å². The molecule has 0 radical (unpaired) electrons. The molecule has 0 bridgehead atoms. The van der Waals surface area contributed by atoms with Gasteiger partial charge in [-0.05, 0) is 10.8 Å². The van der Waals surface area contributed by atoms with Gasteiger partial charge in [-0.1, -0.05) is 47.7 Å². The molecule has 0 aliphatic carbocycles. The third kappa shape index (κ3) is 2.26. The number of aromatic nitrogens is 4. The Morgan fingerprint density at radius 3 is 2.71 bits per heavy atom. The van der Waals surface area contributed by atoms with Crippen LogP contribution in [0.4, 0.5) is 0 Å². The molecule has 4 aromatic rings. The van der Waals surface area contributed by atoms with Gasteiger partial charge >= 0.3 is 0 Å². The second kappa shape index (κ2) is 5.54. The molecule has 118 valence electrons. The highest BCUT2D eigenvalue weighted by Gasteiger charge is 2.19. The lowest BCUT2D eigenvalue weighted by atomic mass is 10.0. The highest BCUT2D eigenvalue weighted by Crippen LogP contribution is 2.34. The first-order chi connectivity index (χ1) is 11.6. The lowest BCUT2D eigenvalue weighted by molar-refractivity contribution is -0.605. The number of hydrogen-bond acceptors (Lipinski definition) is 5. The van der Waals surface area contributed by atoms with Crippen LogP contribution in [-0.4, -0.2) is 20.1 Å². The normalized spacial score (nSPS) is 11.0. The van der Waals surface area contributed by atoms with Gasteiger partial charge in [-0.25, -0.2) is 4.68 Å². The van der Waals surface area contributed by atoms with Crippen molar-refractivity contribution in [2.24, 2.45) is 0 Å². The smallest absolute Gasteiger partial charge is 0.224 e. The standard InChI is InChI=1S/C17H12N4O2S/c22-15-10-20(23)9-8-14(15)21-16(17(24)18-19-21)13-7-3-5-11-4-1-2-6-12(11)13/h1-10,22,24H. The summed E-state index contributed by atoms with van der Waals surface area (Å²) in [6.45, 7) is 0. The molecule has 0 spiro atoms. The predicted molar refractivity (Wildman–Crippen MR) is 92.2 cm³/mol. The number of nitrogens with zero attached hydrogens (tertiary/aromatic N) is 4. The van der Waals surface area contributed by atoms with Crippen molar-refractivity contribution in [1.29, 1.82) is 0 Å². The first kappa shape index (κ1) is 14.5. The van der Waals surface area contributed by atoms with Crippen molar-refractivity contribution in [2.75, 3.05) is 0 Å². The molecule has 2 aromatic carbocycles. The molecule has 0 aliphatic heterocycles. The molecule has 24 heavy (non-hydrogen) atoms. The number of pyridine rings is 1. The summed E-state index contributed by atoms with van der Waals surface area (Å²) in [5, 5.41) is 32.0. The Labute approximate surface area is 142 Å². The van der Waals surface area contributed by atoms with Crippen LogP contribution in [0.3, 0.4) is 0 Å². The number of hydrogen-bond donors (Lipinski definition) is 2. The largest absolute Gasteiger partial charge is 0.619 e. The molecule has 0 amide bonds. The lowest BCUT2D eigenvalue weighted by Gasteiger charge is -2.10. The topological polar surface area (TPSA) is 77.9 Å². The minimum Gasteiger partial charge on any atom is -0.619 e. The Kier molecular flexibility index (Phi) is 3.35. The van der Waals surface area contributed by atoms with Gasteiger partial charge in [0.1, 0.15) is 16.4 Å². The van der Waals surface area contributed by atoms with Crippen LogP contribution in [0.5, 0.6) is 5.75 Å². The summed E-state index contributed by atoms with van der Waals surface area (Å²) in [5.74, 6) is -0.188. The van der Waals surface area contributed by atoms with E-state index in [0.29, 0.717) is 21.1 Å². The van der Waals surface area contributed by atoms with Gasteiger partial charge in [0.2, 0.25) is 11.9 Å². The van der Waals surface area contributed by atoms with Crippen molar-refractivity contribution in [3.8, 4) is 22.7 Å². The Morgan fingerprint density at radius 1 is 1.08 bits per heavy atom. The van der Waals surface area contributed by atoms with E-state index in [1.54, 1.807) is 0 Å². The lowest BCUT2D eigenvalue weighted by Crippen LogP contribution is -2.24. The van der Waals surface area contributed by atoms with E-state index in [0.717, 1.165) is 22.5 Å². The average molecular weight is 336 g/mol. The molecule has 0 unspecified atom stereocenters. The highest BCUT2D eigenvalue weighted by molar-refractivity contribution is 7.80. The fourth-order valence-electron chi connectivity index (χ4n) is 2.75. The monoisotopic (exact) mass is 336 g/mol. The maximum Gasteiger partial charge on any atom is 0.224 e. The molecule has 2 aromatic heterocycles. The maximum absolute atomic E-state index is 11.3. The van der Waals surface area contributed by atoms with Gasteiger partial charge in [-0.2, -0.15) is 4.73 Å². The van der Waals surface area contributed by atoms with Crippen molar-refractivity contribution in [3.05, 3.63) is 66.1 Å². The molecule has 4 rings (SSSR count). The molecule has 0 atom stereocenters. The Bertz CT molecular complexity index is 1060. The van der Waals surface area contributed by atoms with Crippen LogP contribution in [0.2, 0.25) is 0 Å². The van der Waals surface area contributed by atoms with Crippen LogP contribution in [0.1, 0.15) is 0 Å². The fourth-order valence-corrected chi connectivity index (χ4v) is 3.00. The second-order valence-electron chi connectivity index (χ2n) is 5.28. The summed E-state index contributed by atoms with van der Waals surface area (Å²) >= 11 is 4.42. The molecule has 6 nitrogen and oxygen atoms in total. The molecule has 0 saturated carbocycles. The molecule has 0 saturated heterocycles. The van der Waals surface area contributed by atoms with E-state index < -0.39 is 0 Å². The highest BCUT2D eigenvalue weighted by atomic mass is 32.1. The van der Waals surface area contributed by atoms with E-state index >= 15 is 0 Å². The van der Waals surface area contributed by atoms with Crippen molar-refractivity contribution >= 4 is 23.4 Å². The number of fused-ring (bicyclic) bond motifs is 1. The van der Waals surface area contributed by atoms with Crippen LogP contribution in [0, 0.1) is 5.21 Å². The zero-order valence-corrected chi connectivity index (χ0v) is 13.3.